The number of fused-ring (bicyclic) bond motifs is 1. The third-order valence-corrected chi connectivity index (χ3v) is 5.73. The standard InChI is InChI=1S/C23H25N3O5/c1-15(27)16-7-8-20(21(13-16)30-2)31-14-22(28)25-11-9-17(10-12-25)26-19-6-4-3-5-18(19)24-23(26)29/h3-8,13,17H,9-12,14H2,1-2H3,(H,24,29). The number of carbonyl (C=O) groups is 2. The second-order valence-electron chi connectivity index (χ2n) is 7.64. The molecule has 162 valence electrons. The van der Waals surface area contributed by atoms with Crippen LogP contribution in [0.15, 0.2) is 47.3 Å². The Balaban J connectivity index is 1.37. The molecular formula is C23H25N3O5. The van der Waals surface area contributed by atoms with Crippen molar-refractivity contribution in [3.63, 3.8) is 0 Å². The largest absolute Gasteiger partial charge is 0.493 e. The number of benzene rings is 2. The molecule has 1 fully saturated rings. The Morgan fingerprint density at radius 2 is 1.84 bits per heavy atom. The summed E-state index contributed by atoms with van der Waals surface area (Å²) >= 11 is 0. The fourth-order valence-corrected chi connectivity index (χ4v) is 4.05. The molecule has 2 aromatic carbocycles. The molecule has 0 unspecified atom stereocenters. The number of methoxy groups -OCH3 is 1. The van der Waals surface area contributed by atoms with Crippen molar-refractivity contribution < 1.29 is 19.1 Å². The van der Waals surface area contributed by atoms with E-state index in [1.165, 1.54) is 14.0 Å². The highest BCUT2D eigenvalue weighted by Gasteiger charge is 2.26. The summed E-state index contributed by atoms with van der Waals surface area (Å²) in [6.07, 6.45) is 1.40. The quantitative estimate of drug-likeness (QED) is 0.616. The first-order chi connectivity index (χ1) is 15.0. The highest BCUT2D eigenvalue weighted by molar-refractivity contribution is 5.94. The number of ketones is 1. The lowest BCUT2D eigenvalue weighted by atomic mass is 10.0. The van der Waals surface area contributed by atoms with E-state index >= 15 is 0 Å². The number of rotatable bonds is 6. The number of aromatic nitrogens is 2. The van der Waals surface area contributed by atoms with E-state index in [-0.39, 0.29) is 30.0 Å². The highest BCUT2D eigenvalue weighted by atomic mass is 16.5. The van der Waals surface area contributed by atoms with Crippen molar-refractivity contribution in [2.75, 3.05) is 26.8 Å². The van der Waals surface area contributed by atoms with Crippen molar-refractivity contribution in [2.24, 2.45) is 0 Å². The second-order valence-corrected chi connectivity index (χ2v) is 7.64. The fourth-order valence-electron chi connectivity index (χ4n) is 4.05. The summed E-state index contributed by atoms with van der Waals surface area (Å²) in [6.45, 7) is 2.47. The van der Waals surface area contributed by atoms with Crippen molar-refractivity contribution in [3.8, 4) is 11.5 Å². The molecule has 31 heavy (non-hydrogen) atoms. The van der Waals surface area contributed by atoms with Gasteiger partial charge in [0.15, 0.2) is 23.9 Å². The second kappa shape index (κ2) is 8.67. The molecule has 0 radical (unpaired) electrons. The Morgan fingerprint density at radius 1 is 1.10 bits per heavy atom. The maximum atomic E-state index is 12.6. The zero-order valence-corrected chi connectivity index (χ0v) is 17.6. The predicted molar refractivity (Wildman–Crippen MR) is 116 cm³/mol. The normalized spacial score (nSPS) is 14.6. The molecule has 8 nitrogen and oxygen atoms in total. The van der Waals surface area contributed by atoms with Gasteiger partial charge in [-0.15, -0.1) is 0 Å². The Hall–Kier alpha value is -3.55. The van der Waals surface area contributed by atoms with Crippen LogP contribution < -0.4 is 15.2 Å². The number of likely N-dealkylation sites (tertiary alicyclic amines) is 1. The van der Waals surface area contributed by atoms with Crippen LogP contribution in [0.4, 0.5) is 0 Å². The summed E-state index contributed by atoms with van der Waals surface area (Å²) in [5, 5.41) is 0. The summed E-state index contributed by atoms with van der Waals surface area (Å²) < 4.78 is 12.7. The molecule has 0 spiro atoms. The number of Topliss-reactive ketones (excluding diaryl/α,β-unsaturated/α-hetero) is 1. The number of para-hydroxylation sites is 2. The number of nitrogens with one attached hydrogen (secondary N) is 1. The Labute approximate surface area is 179 Å². The van der Waals surface area contributed by atoms with Crippen LogP contribution in [0, 0.1) is 0 Å². The molecule has 8 heteroatoms. The van der Waals surface area contributed by atoms with Gasteiger partial charge in [-0.2, -0.15) is 0 Å². The van der Waals surface area contributed by atoms with E-state index in [4.69, 9.17) is 9.47 Å². The van der Waals surface area contributed by atoms with Gasteiger partial charge in [0, 0.05) is 24.7 Å². The molecular weight excluding hydrogens is 398 g/mol. The van der Waals surface area contributed by atoms with E-state index in [1.54, 1.807) is 27.7 Å². The summed E-state index contributed by atoms with van der Waals surface area (Å²) in [5.74, 6) is 0.638. The number of H-pyrrole nitrogens is 1. The van der Waals surface area contributed by atoms with Gasteiger partial charge in [-0.3, -0.25) is 14.2 Å². The lowest BCUT2D eigenvalue weighted by molar-refractivity contribution is -0.134. The third-order valence-electron chi connectivity index (χ3n) is 5.73. The molecule has 1 aliphatic heterocycles. The molecule has 0 atom stereocenters. The Morgan fingerprint density at radius 3 is 2.55 bits per heavy atom. The van der Waals surface area contributed by atoms with Gasteiger partial charge in [-0.25, -0.2) is 4.79 Å². The number of aromatic amines is 1. The Kier molecular flexibility index (Phi) is 5.79. The van der Waals surface area contributed by atoms with Crippen molar-refractivity contribution in [1.29, 1.82) is 0 Å². The van der Waals surface area contributed by atoms with Gasteiger partial charge in [-0.05, 0) is 50.1 Å². The molecule has 1 aromatic heterocycles. The van der Waals surface area contributed by atoms with Gasteiger partial charge >= 0.3 is 5.69 Å². The zero-order valence-electron chi connectivity index (χ0n) is 17.6. The molecule has 0 saturated carbocycles. The molecule has 1 N–H and O–H groups in total. The van der Waals surface area contributed by atoms with E-state index in [2.05, 4.69) is 4.98 Å². The summed E-state index contributed by atoms with van der Waals surface area (Å²) in [6, 6.07) is 12.6. The van der Waals surface area contributed by atoms with Crippen LogP contribution in [0.3, 0.4) is 0 Å². The van der Waals surface area contributed by atoms with Gasteiger partial charge < -0.3 is 19.4 Å². The molecule has 1 saturated heterocycles. The lowest BCUT2D eigenvalue weighted by Crippen LogP contribution is -2.42. The zero-order chi connectivity index (χ0) is 22.0. The van der Waals surface area contributed by atoms with Gasteiger partial charge in [0.25, 0.3) is 5.91 Å². The average molecular weight is 423 g/mol. The van der Waals surface area contributed by atoms with Crippen LogP contribution >= 0.6 is 0 Å². The number of imidazole rings is 1. The van der Waals surface area contributed by atoms with Crippen LogP contribution in [0.5, 0.6) is 11.5 Å². The lowest BCUT2D eigenvalue weighted by Gasteiger charge is -2.32. The molecule has 0 aliphatic carbocycles. The van der Waals surface area contributed by atoms with E-state index in [9.17, 15) is 14.4 Å². The first-order valence-electron chi connectivity index (χ1n) is 10.3. The minimum absolute atomic E-state index is 0.0489. The summed E-state index contributed by atoms with van der Waals surface area (Å²) in [7, 11) is 1.49. The third kappa shape index (κ3) is 4.19. The number of hydrogen-bond donors (Lipinski definition) is 1. The monoisotopic (exact) mass is 423 g/mol. The molecule has 3 aromatic rings. The smallest absolute Gasteiger partial charge is 0.326 e. The van der Waals surface area contributed by atoms with Crippen molar-refractivity contribution >= 4 is 22.7 Å². The van der Waals surface area contributed by atoms with Gasteiger partial charge in [-0.1, -0.05) is 12.1 Å². The molecule has 2 heterocycles. The van der Waals surface area contributed by atoms with Crippen molar-refractivity contribution in [2.45, 2.75) is 25.8 Å². The molecule has 1 amide bonds. The Bertz CT molecular complexity index is 1170. The topological polar surface area (TPSA) is 93.6 Å². The molecule has 4 rings (SSSR count). The molecule has 1 aliphatic rings. The van der Waals surface area contributed by atoms with Gasteiger partial charge in [0.2, 0.25) is 0 Å². The van der Waals surface area contributed by atoms with Crippen LogP contribution in [0.2, 0.25) is 0 Å². The maximum absolute atomic E-state index is 12.6. The van der Waals surface area contributed by atoms with Crippen LogP contribution in [0.25, 0.3) is 11.0 Å². The fraction of sp³-hybridized carbons (Fsp3) is 0.348. The van der Waals surface area contributed by atoms with Crippen molar-refractivity contribution in [3.05, 3.63) is 58.5 Å². The minimum atomic E-state index is -0.123. The van der Waals surface area contributed by atoms with Gasteiger partial charge in [0.1, 0.15) is 0 Å². The SMILES string of the molecule is COc1cc(C(C)=O)ccc1OCC(=O)N1CCC(n2c(=O)[nH]c3ccccc32)CC1. The number of piperidine rings is 1. The average Bonchev–Trinajstić information content (AvgIpc) is 3.13. The number of hydrogen-bond acceptors (Lipinski definition) is 5. The van der Waals surface area contributed by atoms with Crippen LogP contribution in [-0.2, 0) is 4.79 Å². The maximum Gasteiger partial charge on any atom is 0.326 e. The minimum Gasteiger partial charge on any atom is -0.493 e. The summed E-state index contributed by atoms with van der Waals surface area (Å²) in [4.78, 5) is 41.2. The van der Waals surface area contributed by atoms with Crippen LogP contribution in [0.1, 0.15) is 36.2 Å². The van der Waals surface area contributed by atoms with Gasteiger partial charge in [0.05, 0.1) is 18.1 Å². The number of carbonyl (C=O) groups excluding carboxylic acids is 2. The van der Waals surface area contributed by atoms with Crippen molar-refractivity contribution in [1.82, 2.24) is 14.5 Å². The van der Waals surface area contributed by atoms with E-state index < -0.39 is 0 Å². The number of amides is 1. The first-order valence-corrected chi connectivity index (χ1v) is 10.3. The molecule has 0 bridgehead atoms. The number of ether oxygens (including phenoxy) is 2. The van der Waals surface area contributed by atoms with E-state index in [0.29, 0.717) is 43.0 Å². The first kappa shape index (κ1) is 20.7. The predicted octanol–water partition coefficient (Wildman–Crippen LogP) is 2.78. The van der Waals surface area contributed by atoms with E-state index in [0.717, 1.165) is 11.0 Å². The highest BCUT2D eigenvalue weighted by Crippen LogP contribution is 2.29. The van der Waals surface area contributed by atoms with Crippen LogP contribution in [-0.4, -0.2) is 52.9 Å². The number of nitrogens with zero attached hydrogens (tertiary/aromatic N) is 2. The summed E-state index contributed by atoms with van der Waals surface area (Å²) in [5.41, 5.74) is 2.12. The van der Waals surface area contributed by atoms with E-state index in [1.807, 2.05) is 24.3 Å².